The summed E-state index contributed by atoms with van der Waals surface area (Å²) in [5.41, 5.74) is 5.16. The highest BCUT2D eigenvalue weighted by atomic mass is 79.9. The normalized spacial score (nSPS) is 11.8. The largest absolute Gasteiger partial charge is 0.480 e. The molecule has 0 saturated carbocycles. The second-order valence-corrected chi connectivity index (χ2v) is 2.84. The van der Waals surface area contributed by atoms with Crippen LogP contribution in [0.3, 0.4) is 0 Å². The van der Waals surface area contributed by atoms with Crippen LogP contribution >= 0.6 is 32.9 Å². The SMILES string of the molecule is Br.NCCCC(Br)C(=O)O. The number of carboxylic acids is 1. The Morgan fingerprint density at radius 2 is 2.20 bits per heavy atom. The molecular formula is C5H11Br2NO2. The molecule has 0 aliphatic carbocycles. The molecule has 0 aromatic carbocycles. The van der Waals surface area contributed by atoms with Gasteiger partial charge in [-0.3, -0.25) is 4.79 Å². The van der Waals surface area contributed by atoms with Crippen LogP contribution in [-0.2, 0) is 4.79 Å². The van der Waals surface area contributed by atoms with Gasteiger partial charge in [-0.15, -0.1) is 17.0 Å². The van der Waals surface area contributed by atoms with E-state index >= 15 is 0 Å². The minimum Gasteiger partial charge on any atom is -0.480 e. The summed E-state index contributed by atoms with van der Waals surface area (Å²) in [6.45, 7) is 0.551. The van der Waals surface area contributed by atoms with Gasteiger partial charge < -0.3 is 10.8 Å². The van der Waals surface area contributed by atoms with E-state index < -0.39 is 10.8 Å². The van der Waals surface area contributed by atoms with Gasteiger partial charge in [0.1, 0.15) is 4.83 Å². The Morgan fingerprint density at radius 3 is 2.50 bits per heavy atom. The van der Waals surface area contributed by atoms with Gasteiger partial charge >= 0.3 is 5.97 Å². The molecule has 0 amide bonds. The van der Waals surface area contributed by atoms with Crippen LogP contribution in [0.5, 0.6) is 0 Å². The number of hydrogen-bond acceptors (Lipinski definition) is 2. The van der Waals surface area contributed by atoms with Gasteiger partial charge in [0.05, 0.1) is 0 Å². The average molecular weight is 277 g/mol. The van der Waals surface area contributed by atoms with E-state index in [1.54, 1.807) is 0 Å². The van der Waals surface area contributed by atoms with E-state index in [0.717, 1.165) is 6.42 Å². The van der Waals surface area contributed by atoms with E-state index in [0.29, 0.717) is 13.0 Å². The summed E-state index contributed by atoms with van der Waals surface area (Å²) in [4.78, 5) is 9.69. The molecule has 0 saturated heterocycles. The molecule has 5 heteroatoms. The number of hydrogen-bond donors (Lipinski definition) is 2. The average Bonchev–Trinajstić information content (AvgIpc) is 1.82. The quantitative estimate of drug-likeness (QED) is 0.758. The predicted molar refractivity (Wildman–Crippen MR) is 49.0 cm³/mol. The third-order valence-corrected chi connectivity index (χ3v) is 1.78. The summed E-state index contributed by atoms with van der Waals surface area (Å²) in [5.74, 6) is -0.816. The Kier molecular flexibility index (Phi) is 9.76. The number of alkyl halides is 1. The number of carbonyl (C=O) groups is 1. The Bertz CT molecular complexity index is 99.6. The zero-order chi connectivity index (χ0) is 7.28. The highest BCUT2D eigenvalue weighted by molar-refractivity contribution is 9.10. The first-order valence-electron chi connectivity index (χ1n) is 2.75. The van der Waals surface area contributed by atoms with Crippen molar-refractivity contribution in [2.24, 2.45) is 5.73 Å². The van der Waals surface area contributed by atoms with Gasteiger partial charge in [-0.05, 0) is 19.4 Å². The lowest BCUT2D eigenvalue weighted by Crippen LogP contribution is -2.14. The summed E-state index contributed by atoms with van der Waals surface area (Å²) in [6.07, 6.45) is 1.36. The molecule has 0 aromatic rings. The highest BCUT2D eigenvalue weighted by Gasteiger charge is 2.10. The fraction of sp³-hybridized carbons (Fsp3) is 0.800. The molecule has 0 bridgehead atoms. The first-order chi connectivity index (χ1) is 4.18. The zero-order valence-electron chi connectivity index (χ0n) is 5.42. The maximum atomic E-state index is 10.1. The first kappa shape index (κ1) is 13.0. The Labute approximate surface area is 78.9 Å². The van der Waals surface area contributed by atoms with Crippen molar-refractivity contribution < 1.29 is 9.90 Å². The minimum absolute atomic E-state index is 0. The molecule has 0 heterocycles. The second kappa shape index (κ2) is 7.50. The van der Waals surface area contributed by atoms with Gasteiger partial charge in [-0.2, -0.15) is 0 Å². The number of aliphatic carboxylic acids is 1. The molecule has 1 atom stereocenters. The molecule has 0 aromatic heterocycles. The van der Waals surface area contributed by atoms with Crippen molar-refractivity contribution in [2.75, 3.05) is 6.54 Å². The van der Waals surface area contributed by atoms with Crippen molar-refractivity contribution in [3.63, 3.8) is 0 Å². The fourth-order valence-corrected chi connectivity index (χ4v) is 0.744. The standard InChI is InChI=1S/C5H10BrNO2.BrH/c6-4(5(8)9)2-1-3-7;/h4H,1-3,7H2,(H,8,9);1H. The second-order valence-electron chi connectivity index (χ2n) is 1.74. The van der Waals surface area contributed by atoms with Crippen LogP contribution in [0.25, 0.3) is 0 Å². The molecule has 3 N–H and O–H groups in total. The molecule has 0 aliphatic rings. The minimum atomic E-state index is -0.816. The first-order valence-corrected chi connectivity index (χ1v) is 3.67. The fourth-order valence-electron chi connectivity index (χ4n) is 0.421. The van der Waals surface area contributed by atoms with Crippen LogP contribution in [-0.4, -0.2) is 22.4 Å². The van der Waals surface area contributed by atoms with Crippen LogP contribution in [0.2, 0.25) is 0 Å². The maximum Gasteiger partial charge on any atom is 0.317 e. The lowest BCUT2D eigenvalue weighted by molar-refractivity contribution is -0.136. The Hall–Kier alpha value is 0.390. The smallest absolute Gasteiger partial charge is 0.317 e. The number of rotatable bonds is 4. The zero-order valence-corrected chi connectivity index (χ0v) is 8.72. The highest BCUT2D eigenvalue weighted by Crippen LogP contribution is 2.06. The van der Waals surface area contributed by atoms with Crippen molar-refractivity contribution in [3.05, 3.63) is 0 Å². The lowest BCUT2D eigenvalue weighted by Gasteiger charge is -2.00. The van der Waals surface area contributed by atoms with E-state index in [2.05, 4.69) is 15.9 Å². The van der Waals surface area contributed by atoms with Crippen molar-refractivity contribution in [3.8, 4) is 0 Å². The van der Waals surface area contributed by atoms with Crippen LogP contribution in [0, 0.1) is 0 Å². The Balaban J connectivity index is 0. The monoisotopic (exact) mass is 275 g/mol. The summed E-state index contributed by atoms with van der Waals surface area (Å²) in [6, 6.07) is 0. The third kappa shape index (κ3) is 6.51. The van der Waals surface area contributed by atoms with E-state index in [1.807, 2.05) is 0 Å². The molecule has 0 radical (unpaired) electrons. The molecule has 10 heavy (non-hydrogen) atoms. The van der Waals surface area contributed by atoms with Gasteiger partial charge in [0, 0.05) is 0 Å². The maximum absolute atomic E-state index is 10.1. The summed E-state index contributed by atoms with van der Waals surface area (Å²) < 4.78 is 0. The number of halogens is 2. The topological polar surface area (TPSA) is 63.3 Å². The molecular weight excluding hydrogens is 266 g/mol. The van der Waals surface area contributed by atoms with Gasteiger partial charge in [0.15, 0.2) is 0 Å². The van der Waals surface area contributed by atoms with E-state index in [-0.39, 0.29) is 17.0 Å². The van der Waals surface area contributed by atoms with Crippen LogP contribution < -0.4 is 5.73 Å². The molecule has 0 fully saturated rings. The lowest BCUT2D eigenvalue weighted by atomic mass is 10.2. The predicted octanol–water partition coefficient (Wildman–Crippen LogP) is 1.15. The van der Waals surface area contributed by atoms with Gasteiger partial charge in [-0.25, -0.2) is 0 Å². The van der Waals surface area contributed by atoms with E-state index in [4.69, 9.17) is 10.8 Å². The van der Waals surface area contributed by atoms with Crippen LogP contribution in [0.1, 0.15) is 12.8 Å². The van der Waals surface area contributed by atoms with Crippen molar-refractivity contribution in [2.45, 2.75) is 17.7 Å². The van der Waals surface area contributed by atoms with Crippen LogP contribution in [0.15, 0.2) is 0 Å². The van der Waals surface area contributed by atoms with Crippen molar-refractivity contribution in [1.29, 1.82) is 0 Å². The molecule has 1 unspecified atom stereocenters. The number of carboxylic acid groups (broad SMARTS) is 1. The molecule has 0 spiro atoms. The van der Waals surface area contributed by atoms with Gasteiger partial charge in [0.2, 0.25) is 0 Å². The van der Waals surface area contributed by atoms with Crippen molar-refractivity contribution in [1.82, 2.24) is 0 Å². The molecule has 0 aliphatic heterocycles. The molecule has 62 valence electrons. The number of nitrogens with two attached hydrogens (primary N) is 1. The van der Waals surface area contributed by atoms with Crippen molar-refractivity contribution >= 4 is 38.9 Å². The molecule has 0 rings (SSSR count). The summed E-state index contributed by atoms with van der Waals surface area (Å²) in [5, 5.41) is 8.32. The van der Waals surface area contributed by atoms with E-state index in [1.165, 1.54) is 0 Å². The molecule has 3 nitrogen and oxygen atoms in total. The van der Waals surface area contributed by atoms with Crippen LogP contribution in [0.4, 0.5) is 0 Å². The third-order valence-electron chi connectivity index (χ3n) is 0.930. The summed E-state index contributed by atoms with van der Waals surface area (Å²) >= 11 is 2.99. The van der Waals surface area contributed by atoms with E-state index in [9.17, 15) is 4.79 Å². The Morgan fingerprint density at radius 1 is 1.70 bits per heavy atom. The van der Waals surface area contributed by atoms with Gasteiger partial charge in [0.25, 0.3) is 0 Å². The summed E-state index contributed by atoms with van der Waals surface area (Å²) in [7, 11) is 0. The van der Waals surface area contributed by atoms with Gasteiger partial charge in [-0.1, -0.05) is 15.9 Å².